The maximum Gasteiger partial charge on any atom is 0.229 e. The van der Waals surface area contributed by atoms with Gasteiger partial charge < -0.3 is 10.6 Å². The van der Waals surface area contributed by atoms with Crippen molar-refractivity contribution in [1.29, 1.82) is 0 Å². The van der Waals surface area contributed by atoms with Crippen molar-refractivity contribution >= 4 is 27.3 Å². The Hall–Kier alpha value is -1.60. The van der Waals surface area contributed by atoms with Gasteiger partial charge >= 0.3 is 0 Å². The lowest BCUT2D eigenvalue weighted by Crippen LogP contribution is -2.34. The third-order valence-corrected chi connectivity index (χ3v) is 4.03. The Morgan fingerprint density at radius 1 is 1.24 bits per heavy atom. The fourth-order valence-corrected chi connectivity index (χ4v) is 2.95. The highest BCUT2D eigenvalue weighted by Gasteiger charge is 2.22. The van der Waals surface area contributed by atoms with Crippen molar-refractivity contribution in [2.75, 3.05) is 29.4 Å². The molecule has 3 N–H and O–H groups in total. The van der Waals surface area contributed by atoms with Gasteiger partial charge in [0.05, 0.1) is 17.6 Å². The second-order valence-corrected chi connectivity index (χ2v) is 7.19. The van der Waals surface area contributed by atoms with E-state index in [0.717, 1.165) is 37.8 Å². The van der Waals surface area contributed by atoms with Crippen LogP contribution in [0.1, 0.15) is 18.4 Å². The van der Waals surface area contributed by atoms with Crippen molar-refractivity contribution in [3.63, 3.8) is 0 Å². The normalized spacial score (nSPS) is 16.5. The molecule has 1 heterocycles. The zero-order chi connectivity index (χ0) is 15.5. The molecule has 1 aliphatic rings. The van der Waals surface area contributed by atoms with E-state index < -0.39 is 10.0 Å². The van der Waals surface area contributed by atoms with Crippen molar-refractivity contribution in [2.45, 2.75) is 19.8 Å². The topological polar surface area (TPSA) is 87.3 Å². The van der Waals surface area contributed by atoms with Crippen LogP contribution in [-0.4, -0.2) is 33.7 Å². The van der Waals surface area contributed by atoms with Crippen molar-refractivity contribution < 1.29 is 13.2 Å². The van der Waals surface area contributed by atoms with Gasteiger partial charge in [0.25, 0.3) is 0 Å². The zero-order valence-electron chi connectivity index (χ0n) is 12.3. The molecule has 6 nitrogen and oxygen atoms in total. The fourth-order valence-electron chi connectivity index (χ4n) is 2.37. The van der Waals surface area contributed by atoms with E-state index in [4.69, 9.17) is 0 Å². The molecular formula is C14H21N3O3S. The molecule has 1 aromatic rings. The number of piperidine rings is 1. The molecule has 1 fully saturated rings. The molecule has 0 aromatic heterocycles. The highest BCUT2D eigenvalue weighted by Crippen LogP contribution is 2.25. The molecule has 21 heavy (non-hydrogen) atoms. The first-order valence-electron chi connectivity index (χ1n) is 6.95. The Morgan fingerprint density at radius 3 is 2.52 bits per heavy atom. The largest absolute Gasteiger partial charge is 0.324 e. The third-order valence-electron chi connectivity index (χ3n) is 3.44. The summed E-state index contributed by atoms with van der Waals surface area (Å²) in [6.45, 7) is 3.56. The van der Waals surface area contributed by atoms with E-state index in [-0.39, 0.29) is 11.8 Å². The number of hydrogen-bond donors (Lipinski definition) is 3. The van der Waals surface area contributed by atoms with Crippen molar-refractivity contribution in [3.8, 4) is 0 Å². The first-order valence-corrected chi connectivity index (χ1v) is 8.84. The van der Waals surface area contributed by atoms with Crippen LogP contribution in [0.2, 0.25) is 0 Å². The summed E-state index contributed by atoms with van der Waals surface area (Å²) < 4.78 is 25.2. The smallest absolute Gasteiger partial charge is 0.229 e. The van der Waals surface area contributed by atoms with Gasteiger partial charge in [0.1, 0.15) is 0 Å². The van der Waals surface area contributed by atoms with Crippen LogP contribution in [0.25, 0.3) is 0 Å². The van der Waals surface area contributed by atoms with E-state index in [1.807, 2.05) is 6.92 Å². The van der Waals surface area contributed by atoms with Gasteiger partial charge in [0.2, 0.25) is 15.9 Å². The van der Waals surface area contributed by atoms with Crippen LogP contribution in [0.15, 0.2) is 18.2 Å². The van der Waals surface area contributed by atoms with E-state index >= 15 is 0 Å². The van der Waals surface area contributed by atoms with Crippen LogP contribution >= 0.6 is 0 Å². The summed E-state index contributed by atoms with van der Waals surface area (Å²) in [6, 6.07) is 5.23. The molecular weight excluding hydrogens is 290 g/mol. The van der Waals surface area contributed by atoms with Gasteiger partial charge in [-0.05, 0) is 50.6 Å². The third kappa shape index (κ3) is 4.71. The summed E-state index contributed by atoms with van der Waals surface area (Å²) in [5.41, 5.74) is 1.85. The van der Waals surface area contributed by atoms with Crippen LogP contribution < -0.4 is 15.4 Å². The van der Waals surface area contributed by atoms with Crippen LogP contribution in [0.5, 0.6) is 0 Å². The quantitative estimate of drug-likeness (QED) is 0.782. The molecule has 0 aliphatic carbocycles. The number of aryl methyl sites for hydroxylation is 1. The van der Waals surface area contributed by atoms with Gasteiger partial charge in [0.15, 0.2) is 0 Å². The van der Waals surface area contributed by atoms with Gasteiger partial charge in [-0.3, -0.25) is 9.52 Å². The maximum absolute atomic E-state index is 12.3. The molecule has 0 spiro atoms. The van der Waals surface area contributed by atoms with Crippen LogP contribution in [-0.2, 0) is 14.8 Å². The number of carbonyl (C=O) groups is 1. The number of amides is 1. The number of nitrogens with one attached hydrogen (secondary N) is 3. The van der Waals surface area contributed by atoms with E-state index in [1.54, 1.807) is 18.2 Å². The van der Waals surface area contributed by atoms with Crippen molar-refractivity contribution in [3.05, 3.63) is 23.8 Å². The Kier molecular flexibility index (Phi) is 4.84. The highest BCUT2D eigenvalue weighted by molar-refractivity contribution is 7.92. The van der Waals surface area contributed by atoms with Crippen LogP contribution in [0.4, 0.5) is 11.4 Å². The van der Waals surface area contributed by atoms with Gasteiger partial charge in [-0.2, -0.15) is 0 Å². The summed E-state index contributed by atoms with van der Waals surface area (Å²) >= 11 is 0. The Morgan fingerprint density at radius 2 is 1.90 bits per heavy atom. The van der Waals surface area contributed by atoms with Crippen LogP contribution in [0.3, 0.4) is 0 Å². The second-order valence-electron chi connectivity index (χ2n) is 5.44. The van der Waals surface area contributed by atoms with Crippen LogP contribution in [0, 0.1) is 12.8 Å². The molecule has 1 amide bonds. The highest BCUT2D eigenvalue weighted by atomic mass is 32.2. The molecule has 1 saturated heterocycles. The van der Waals surface area contributed by atoms with Crippen molar-refractivity contribution in [2.24, 2.45) is 5.92 Å². The standard InChI is InChI=1S/C14H21N3O3S/c1-10-3-4-12(17-21(2,19)20)13(9-10)16-14(18)11-5-7-15-8-6-11/h3-4,9,11,15,17H,5-8H2,1-2H3,(H,16,18). The lowest BCUT2D eigenvalue weighted by molar-refractivity contribution is -0.120. The number of anilines is 2. The maximum atomic E-state index is 12.3. The minimum Gasteiger partial charge on any atom is -0.324 e. The number of carbonyl (C=O) groups excluding carboxylic acids is 1. The molecule has 0 saturated carbocycles. The van der Waals surface area contributed by atoms with Gasteiger partial charge in [-0.25, -0.2) is 8.42 Å². The molecule has 1 aromatic carbocycles. The average molecular weight is 311 g/mol. The monoisotopic (exact) mass is 311 g/mol. The van der Waals surface area contributed by atoms with Gasteiger partial charge in [-0.1, -0.05) is 6.07 Å². The Balaban J connectivity index is 2.17. The minimum atomic E-state index is -3.38. The molecule has 1 aliphatic heterocycles. The second kappa shape index (κ2) is 6.44. The minimum absolute atomic E-state index is 0.0298. The fraction of sp³-hybridized carbons (Fsp3) is 0.500. The predicted molar refractivity (Wildman–Crippen MR) is 83.9 cm³/mol. The number of hydrogen-bond acceptors (Lipinski definition) is 4. The molecule has 116 valence electrons. The lowest BCUT2D eigenvalue weighted by atomic mass is 9.97. The van der Waals surface area contributed by atoms with E-state index in [0.29, 0.717) is 11.4 Å². The molecule has 7 heteroatoms. The van der Waals surface area contributed by atoms with E-state index in [2.05, 4.69) is 15.4 Å². The molecule has 0 bridgehead atoms. The molecule has 2 rings (SSSR count). The predicted octanol–water partition coefficient (Wildman–Crippen LogP) is 1.30. The van der Waals surface area contributed by atoms with E-state index in [9.17, 15) is 13.2 Å². The molecule has 0 unspecified atom stereocenters. The SMILES string of the molecule is Cc1ccc(NS(C)(=O)=O)c(NC(=O)C2CCNCC2)c1. The summed E-state index contributed by atoms with van der Waals surface area (Å²) in [5.74, 6) is -0.0866. The number of sulfonamides is 1. The first kappa shape index (κ1) is 15.8. The summed E-state index contributed by atoms with van der Waals surface area (Å²) in [4.78, 5) is 12.3. The zero-order valence-corrected chi connectivity index (χ0v) is 13.1. The summed E-state index contributed by atoms with van der Waals surface area (Å²) in [5, 5.41) is 6.06. The lowest BCUT2D eigenvalue weighted by Gasteiger charge is -2.22. The Labute approximate surface area is 125 Å². The summed E-state index contributed by atoms with van der Waals surface area (Å²) in [7, 11) is -3.38. The summed E-state index contributed by atoms with van der Waals surface area (Å²) in [6.07, 6.45) is 2.68. The van der Waals surface area contributed by atoms with Gasteiger partial charge in [0, 0.05) is 5.92 Å². The average Bonchev–Trinajstić information content (AvgIpc) is 2.41. The van der Waals surface area contributed by atoms with Crippen molar-refractivity contribution in [1.82, 2.24) is 5.32 Å². The number of benzene rings is 1. The molecule has 0 atom stereocenters. The van der Waals surface area contributed by atoms with Gasteiger partial charge in [-0.15, -0.1) is 0 Å². The number of rotatable bonds is 4. The molecule has 0 radical (unpaired) electrons. The van der Waals surface area contributed by atoms with E-state index in [1.165, 1.54) is 0 Å². The Bertz CT molecular complexity index is 622. The first-order chi connectivity index (χ1) is 9.85.